The summed E-state index contributed by atoms with van der Waals surface area (Å²) in [5.74, 6) is -0.448. The fourth-order valence-corrected chi connectivity index (χ4v) is 3.09. The molecule has 2 amide bonds. The number of nitrogens with zero attached hydrogens (tertiary/aromatic N) is 2. The molecule has 0 saturated carbocycles. The molecule has 0 aliphatic rings. The molecule has 3 aromatic rings. The van der Waals surface area contributed by atoms with E-state index in [-0.39, 0.29) is 12.0 Å². The minimum atomic E-state index is -0.448. The lowest BCUT2D eigenvalue weighted by atomic mass is 9.92. The maximum absolute atomic E-state index is 13.6. The molecule has 29 heavy (non-hydrogen) atoms. The van der Waals surface area contributed by atoms with E-state index >= 15 is 0 Å². The van der Waals surface area contributed by atoms with Crippen LogP contribution in [0, 0.1) is 5.82 Å². The number of aromatic nitrogens is 2. The monoisotopic (exact) mass is 478 g/mol. The number of urea groups is 1. The minimum Gasteiger partial charge on any atom is -0.332 e. The first kappa shape index (κ1) is 21.3. The third-order valence-electron chi connectivity index (χ3n) is 4.21. The number of hydrogen-bond acceptors (Lipinski definition) is 2. The molecule has 2 aromatic carbocycles. The molecular weight excluding hydrogens is 459 g/mol. The van der Waals surface area contributed by atoms with Gasteiger partial charge in [-0.3, -0.25) is 0 Å². The van der Waals surface area contributed by atoms with E-state index in [1.807, 2.05) is 24.3 Å². The molecule has 1 aromatic heterocycles. The largest absolute Gasteiger partial charge is 0.332 e. The van der Waals surface area contributed by atoms with E-state index in [0.29, 0.717) is 15.2 Å². The molecule has 0 aliphatic heterocycles. The Morgan fingerprint density at radius 3 is 2.62 bits per heavy atom. The summed E-state index contributed by atoms with van der Waals surface area (Å²) >= 11 is 9.22. The molecule has 5 nitrogen and oxygen atoms in total. The van der Waals surface area contributed by atoms with Crippen LogP contribution in [-0.4, -0.2) is 15.8 Å². The fourth-order valence-electron chi connectivity index (χ4n) is 2.66. The van der Waals surface area contributed by atoms with Crippen molar-refractivity contribution in [2.24, 2.45) is 0 Å². The molecule has 0 fully saturated rings. The van der Waals surface area contributed by atoms with Gasteiger partial charge in [-0.2, -0.15) is 5.10 Å². The molecule has 0 aliphatic carbocycles. The number of rotatable bonds is 4. The van der Waals surface area contributed by atoms with Gasteiger partial charge in [0.25, 0.3) is 0 Å². The Labute approximate surface area is 182 Å². The number of benzene rings is 2. The summed E-state index contributed by atoms with van der Waals surface area (Å²) < 4.78 is 15.7. The number of nitrogens with one attached hydrogen (secondary N) is 2. The summed E-state index contributed by atoms with van der Waals surface area (Å²) in [6.07, 6.45) is 0. The van der Waals surface area contributed by atoms with E-state index in [9.17, 15) is 9.18 Å². The standard InChI is InChI=1S/C21H21BrClFN4O/c1-21(2,3)19-11-16(28(27-19)15-6-4-5-13(23)9-15)12-25-20(29)26-14-7-8-17(22)18(24)10-14/h4-11H,12H2,1-3H3,(H2,25,26,29). The molecule has 152 valence electrons. The Bertz CT molecular complexity index is 1050. The van der Waals surface area contributed by atoms with Gasteiger partial charge < -0.3 is 10.6 Å². The zero-order valence-corrected chi connectivity index (χ0v) is 18.6. The molecule has 0 unspecified atom stereocenters. The van der Waals surface area contributed by atoms with Gasteiger partial charge >= 0.3 is 6.03 Å². The van der Waals surface area contributed by atoms with E-state index in [0.717, 1.165) is 17.1 Å². The quantitative estimate of drug-likeness (QED) is 0.479. The zero-order valence-electron chi connectivity index (χ0n) is 16.3. The Morgan fingerprint density at radius 2 is 1.97 bits per heavy atom. The third kappa shape index (κ3) is 5.36. The van der Waals surface area contributed by atoms with Gasteiger partial charge in [-0.15, -0.1) is 0 Å². The predicted octanol–water partition coefficient (Wildman–Crippen LogP) is 6.05. The molecule has 2 N–H and O–H groups in total. The van der Waals surface area contributed by atoms with E-state index in [1.54, 1.807) is 16.8 Å². The first-order valence-corrected chi connectivity index (χ1v) is 10.2. The van der Waals surface area contributed by atoms with Crippen LogP contribution in [0.25, 0.3) is 5.69 Å². The molecule has 0 atom stereocenters. The predicted molar refractivity (Wildman–Crippen MR) is 117 cm³/mol. The van der Waals surface area contributed by atoms with E-state index in [4.69, 9.17) is 16.7 Å². The molecular formula is C21H21BrClFN4O. The SMILES string of the molecule is CC(C)(C)c1cc(CNC(=O)Nc2ccc(Br)c(F)c2)n(-c2cccc(Cl)c2)n1. The van der Waals surface area contributed by atoms with Crippen LogP contribution in [0.2, 0.25) is 5.02 Å². The van der Waals surface area contributed by atoms with Crippen molar-refractivity contribution in [1.82, 2.24) is 15.1 Å². The first-order chi connectivity index (χ1) is 13.6. The van der Waals surface area contributed by atoms with Crippen LogP contribution < -0.4 is 10.6 Å². The first-order valence-electron chi connectivity index (χ1n) is 8.99. The Kier molecular flexibility index (Phi) is 6.29. The van der Waals surface area contributed by atoms with Gasteiger partial charge in [-0.25, -0.2) is 13.9 Å². The molecule has 0 radical (unpaired) electrons. The fraction of sp³-hybridized carbons (Fsp3) is 0.238. The van der Waals surface area contributed by atoms with E-state index in [1.165, 1.54) is 12.1 Å². The highest BCUT2D eigenvalue weighted by atomic mass is 79.9. The number of anilines is 1. The van der Waals surface area contributed by atoms with Crippen molar-refractivity contribution in [3.05, 3.63) is 75.2 Å². The topological polar surface area (TPSA) is 59.0 Å². The normalized spacial score (nSPS) is 11.4. The van der Waals surface area contributed by atoms with Crippen molar-refractivity contribution < 1.29 is 9.18 Å². The highest BCUT2D eigenvalue weighted by molar-refractivity contribution is 9.10. The molecule has 0 bridgehead atoms. The van der Waals surface area contributed by atoms with Crippen molar-refractivity contribution >= 4 is 39.2 Å². The van der Waals surface area contributed by atoms with Crippen LogP contribution in [0.5, 0.6) is 0 Å². The number of halogens is 3. The maximum atomic E-state index is 13.6. The third-order valence-corrected chi connectivity index (χ3v) is 5.09. The van der Waals surface area contributed by atoms with Crippen LogP contribution in [0.3, 0.4) is 0 Å². The molecule has 3 rings (SSSR count). The second-order valence-electron chi connectivity index (χ2n) is 7.60. The van der Waals surface area contributed by atoms with Crippen molar-refractivity contribution in [2.75, 3.05) is 5.32 Å². The van der Waals surface area contributed by atoms with Gasteiger partial charge in [-0.1, -0.05) is 38.4 Å². The average Bonchev–Trinajstić information content (AvgIpc) is 3.08. The highest BCUT2D eigenvalue weighted by Crippen LogP contribution is 2.25. The number of amides is 2. The molecule has 1 heterocycles. The van der Waals surface area contributed by atoms with Crippen LogP contribution in [0.1, 0.15) is 32.2 Å². The maximum Gasteiger partial charge on any atom is 0.319 e. The van der Waals surface area contributed by atoms with Gasteiger partial charge in [0.1, 0.15) is 5.82 Å². The van der Waals surface area contributed by atoms with E-state index < -0.39 is 11.8 Å². The number of carbonyl (C=O) groups excluding carboxylic acids is 1. The summed E-state index contributed by atoms with van der Waals surface area (Å²) in [7, 11) is 0. The lowest BCUT2D eigenvalue weighted by Crippen LogP contribution is -2.29. The van der Waals surface area contributed by atoms with Crippen molar-refractivity contribution in [3.63, 3.8) is 0 Å². The Morgan fingerprint density at radius 1 is 1.21 bits per heavy atom. The van der Waals surface area contributed by atoms with Gasteiger partial charge in [0.15, 0.2) is 0 Å². The van der Waals surface area contributed by atoms with E-state index in [2.05, 4.69) is 47.3 Å². The highest BCUT2D eigenvalue weighted by Gasteiger charge is 2.21. The van der Waals surface area contributed by atoms with Crippen LogP contribution >= 0.6 is 27.5 Å². The second kappa shape index (κ2) is 8.55. The smallest absolute Gasteiger partial charge is 0.319 e. The summed E-state index contributed by atoms with van der Waals surface area (Å²) in [5, 5.41) is 10.7. The van der Waals surface area contributed by atoms with Gasteiger partial charge in [0.05, 0.1) is 28.1 Å². The number of hydrogen-bond donors (Lipinski definition) is 2. The van der Waals surface area contributed by atoms with Crippen molar-refractivity contribution in [2.45, 2.75) is 32.7 Å². The van der Waals surface area contributed by atoms with Crippen molar-refractivity contribution in [3.8, 4) is 5.69 Å². The van der Waals surface area contributed by atoms with Gasteiger partial charge in [0, 0.05) is 16.1 Å². The Hall–Kier alpha value is -2.38. The Balaban J connectivity index is 1.79. The summed E-state index contributed by atoms with van der Waals surface area (Å²) in [5.41, 5.74) is 2.71. The minimum absolute atomic E-state index is 0.157. The number of carbonyl (C=O) groups is 1. The summed E-state index contributed by atoms with van der Waals surface area (Å²) in [6.45, 7) is 6.46. The average molecular weight is 480 g/mol. The van der Waals surface area contributed by atoms with Crippen molar-refractivity contribution in [1.29, 1.82) is 0 Å². The lowest BCUT2D eigenvalue weighted by Gasteiger charge is -2.14. The zero-order chi connectivity index (χ0) is 21.2. The molecule has 0 saturated heterocycles. The molecule has 8 heteroatoms. The van der Waals surface area contributed by atoms with Crippen LogP contribution in [0.4, 0.5) is 14.9 Å². The van der Waals surface area contributed by atoms with Crippen LogP contribution in [-0.2, 0) is 12.0 Å². The second-order valence-corrected chi connectivity index (χ2v) is 8.89. The summed E-state index contributed by atoms with van der Waals surface area (Å²) in [4.78, 5) is 12.3. The van der Waals surface area contributed by atoms with Gasteiger partial charge in [0.2, 0.25) is 0 Å². The lowest BCUT2D eigenvalue weighted by molar-refractivity contribution is 0.251. The van der Waals surface area contributed by atoms with Gasteiger partial charge in [-0.05, 0) is 58.4 Å². The van der Waals surface area contributed by atoms with Crippen LogP contribution in [0.15, 0.2) is 53.0 Å². The molecule has 0 spiro atoms. The summed E-state index contributed by atoms with van der Waals surface area (Å²) in [6, 6.07) is 13.3.